The Morgan fingerprint density at radius 2 is 1.82 bits per heavy atom. The summed E-state index contributed by atoms with van der Waals surface area (Å²) < 4.78 is 0. The predicted molar refractivity (Wildman–Crippen MR) is 48.7 cm³/mol. The van der Waals surface area contributed by atoms with E-state index in [-0.39, 0.29) is 11.4 Å². The number of rotatable bonds is 2. The Kier molecular flexibility index (Phi) is 2.92. The number of benzene rings is 1. The van der Waals surface area contributed by atoms with E-state index in [1.165, 1.54) is 5.56 Å². The molecule has 0 bridgehead atoms. The summed E-state index contributed by atoms with van der Waals surface area (Å²) in [6.07, 6.45) is 0. The van der Waals surface area contributed by atoms with Gasteiger partial charge < -0.3 is 5.73 Å². The third-order valence-electron chi connectivity index (χ3n) is 1.80. The molecule has 2 unspecified atom stereocenters. The van der Waals surface area contributed by atoms with Crippen LogP contribution >= 0.6 is 11.6 Å². The lowest BCUT2D eigenvalue weighted by atomic mass is 10.0. The van der Waals surface area contributed by atoms with Crippen molar-refractivity contribution in [2.24, 2.45) is 5.73 Å². The number of hydrogen-bond donors (Lipinski definition) is 1. The average Bonchev–Trinajstić information content (AvgIpc) is 2.05. The summed E-state index contributed by atoms with van der Waals surface area (Å²) in [5, 5.41) is 0. The molecule has 0 aliphatic heterocycles. The van der Waals surface area contributed by atoms with Gasteiger partial charge in [-0.3, -0.25) is 0 Å². The fraction of sp³-hybridized carbons (Fsp3) is 0.333. The average molecular weight is 170 g/mol. The Bertz CT molecular complexity index is 208. The largest absolute Gasteiger partial charge is 0.315 e. The van der Waals surface area contributed by atoms with Gasteiger partial charge >= 0.3 is 0 Å². The van der Waals surface area contributed by atoms with Crippen LogP contribution in [0.1, 0.15) is 18.4 Å². The van der Waals surface area contributed by atoms with Crippen molar-refractivity contribution in [2.45, 2.75) is 18.3 Å². The molecule has 2 N–H and O–H groups in total. The quantitative estimate of drug-likeness (QED) is 0.534. The van der Waals surface area contributed by atoms with Crippen molar-refractivity contribution in [1.82, 2.24) is 0 Å². The molecular formula is C9H12ClN. The maximum atomic E-state index is 5.74. The molecule has 0 aliphatic carbocycles. The maximum Gasteiger partial charge on any atom is 0.0867 e. The Hall–Kier alpha value is -0.530. The van der Waals surface area contributed by atoms with Crippen LogP contribution in [0.15, 0.2) is 30.3 Å². The zero-order valence-electron chi connectivity index (χ0n) is 6.50. The van der Waals surface area contributed by atoms with Crippen molar-refractivity contribution in [2.75, 3.05) is 0 Å². The number of hydrogen-bond acceptors (Lipinski definition) is 1. The van der Waals surface area contributed by atoms with Gasteiger partial charge in [-0.25, -0.2) is 0 Å². The van der Waals surface area contributed by atoms with Gasteiger partial charge in [0.15, 0.2) is 0 Å². The highest BCUT2D eigenvalue weighted by Gasteiger charge is 2.10. The molecule has 0 amide bonds. The van der Waals surface area contributed by atoms with E-state index >= 15 is 0 Å². The molecular weight excluding hydrogens is 158 g/mol. The summed E-state index contributed by atoms with van der Waals surface area (Å²) in [5.41, 5.74) is 6.43. The van der Waals surface area contributed by atoms with E-state index in [1.54, 1.807) is 0 Å². The van der Waals surface area contributed by atoms with E-state index in [1.807, 2.05) is 37.3 Å². The fourth-order valence-electron chi connectivity index (χ4n) is 0.940. The van der Waals surface area contributed by atoms with E-state index in [0.717, 1.165) is 0 Å². The van der Waals surface area contributed by atoms with Crippen molar-refractivity contribution in [3.05, 3.63) is 35.9 Å². The van der Waals surface area contributed by atoms with Crippen LogP contribution in [-0.4, -0.2) is 5.50 Å². The molecule has 0 spiro atoms. The molecule has 11 heavy (non-hydrogen) atoms. The zero-order valence-corrected chi connectivity index (χ0v) is 7.25. The smallest absolute Gasteiger partial charge is 0.0867 e. The summed E-state index contributed by atoms with van der Waals surface area (Å²) in [4.78, 5) is 0. The SMILES string of the molecule is CC(c1ccccc1)C(N)Cl. The van der Waals surface area contributed by atoms with Crippen LogP contribution in [-0.2, 0) is 0 Å². The predicted octanol–water partition coefficient (Wildman–Crippen LogP) is 2.31. The van der Waals surface area contributed by atoms with Gasteiger partial charge in [0, 0.05) is 5.92 Å². The molecule has 0 radical (unpaired) electrons. The standard InChI is InChI=1S/C9H12ClN/c1-7(9(10)11)8-5-3-2-4-6-8/h2-7,9H,11H2,1H3. The Morgan fingerprint density at radius 1 is 1.27 bits per heavy atom. The van der Waals surface area contributed by atoms with E-state index < -0.39 is 0 Å². The third-order valence-corrected chi connectivity index (χ3v) is 2.18. The summed E-state index contributed by atoms with van der Waals surface area (Å²) >= 11 is 5.74. The summed E-state index contributed by atoms with van der Waals surface area (Å²) in [6.45, 7) is 2.02. The Morgan fingerprint density at radius 3 is 2.27 bits per heavy atom. The van der Waals surface area contributed by atoms with Crippen LogP contribution in [0.5, 0.6) is 0 Å². The van der Waals surface area contributed by atoms with Gasteiger partial charge in [-0.05, 0) is 5.56 Å². The van der Waals surface area contributed by atoms with Crippen molar-refractivity contribution in [3.8, 4) is 0 Å². The number of nitrogens with two attached hydrogens (primary N) is 1. The van der Waals surface area contributed by atoms with Gasteiger partial charge in [0.2, 0.25) is 0 Å². The van der Waals surface area contributed by atoms with Crippen LogP contribution in [0.4, 0.5) is 0 Å². The maximum absolute atomic E-state index is 5.74. The number of alkyl halides is 1. The molecule has 1 aromatic rings. The molecule has 2 atom stereocenters. The molecule has 0 aliphatic rings. The fourth-order valence-corrected chi connectivity index (χ4v) is 1.09. The van der Waals surface area contributed by atoms with Gasteiger partial charge in [0.05, 0.1) is 5.50 Å². The summed E-state index contributed by atoms with van der Waals surface area (Å²) in [5.74, 6) is 0.220. The highest BCUT2D eigenvalue weighted by atomic mass is 35.5. The molecule has 60 valence electrons. The highest BCUT2D eigenvalue weighted by molar-refractivity contribution is 6.20. The van der Waals surface area contributed by atoms with Crippen LogP contribution in [0.2, 0.25) is 0 Å². The van der Waals surface area contributed by atoms with Crippen molar-refractivity contribution < 1.29 is 0 Å². The van der Waals surface area contributed by atoms with Gasteiger partial charge in [-0.2, -0.15) is 0 Å². The zero-order chi connectivity index (χ0) is 8.27. The first-order chi connectivity index (χ1) is 5.22. The molecule has 0 saturated carbocycles. The van der Waals surface area contributed by atoms with E-state index in [2.05, 4.69) is 0 Å². The lowest BCUT2D eigenvalue weighted by Crippen LogP contribution is -2.19. The highest BCUT2D eigenvalue weighted by Crippen LogP contribution is 2.18. The first-order valence-electron chi connectivity index (χ1n) is 3.66. The monoisotopic (exact) mass is 169 g/mol. The Labute approximate surface area is 72.2 Å². The minimum Gasteiger partial charge on any atom is -0.315 e. The van der Waals surface area contributed by atoms with Crippen LogP contribution in [0.25, 0.3) is 0 Å². The summed E-state index contributed by atoms with van der Waals surface area (Å²) in [6, 6.07) is 10.0. The van der Waals surface area contributed by atoms with Crippen molar-refractivity contribution in [3.63, 3.8) is 0 Å². The first-order valence-corrected chi connectivity index (χ1v) is 4.10. The molecule has 0 aromatic heterocycles. The molecule has 2 heteroatoms. The van der Waals surface area contributed by atoms with Gasteiger partial charge in [-0.1, -0.05) is 37.3 Å². The second kappa shape index (κ2) is 3.74. The normalized spacial score (nSPS) is 15.9. The van der Waals surface area contributed by atoms with Crippen molar-refractivity contribution >= 4 is 11.6 Å². The molecule has 1 nitrogen and oxygen atoms in total. The lowest BCUT2D eigenvalue weighted by Gasteiger charge is -2.13. The van der Waals surface area contributed by atoms with E-state index in [0.29, 0.717) is 0 Å². The van der Waals surface area contributed by atoms with Crippen LogP contribution in [0.3, 0.4) is 0 Å². The Balaban J connectivity index is 2.77. The minimum atomic E-state index is -0.294. The molecule has 1 aromatic carbocycles. The van der Waals surface area contributed by atoms with E-state index in [9.17, 15) is 0 Å². The molecule has 0 fully saturated rings. The summed E-state index contributed by atoms with van der Waals surface area (Å²) in [7, 11) is 0. The van der Waals surface area contributed by atoms with Crippen LogP contribution in [0, 0.1) is 0 Å². The minimum absolute atomic E-state index is 0.220. The third kappa shape index (κ3) is 2.21. The topological polar surface area (TPSA) is 26.0 Å². The van der Waals surface area contributed by atoms with Crippen molar-refractivity contribution in [1.29, 1.82) is 0 Å². The second-order valence-electron chi connectivity index (χ2n) is 2.64. The van der Waals surface area contributed by atoms with Gasteiger partial charge in [0.25, 0.3) is 0 Å². The first kappa shape index (κ1) is 8.57. The van der Waals surface area contributed by atoms with Gasteiger partial charge in [-0.15, -0.1) is 11.6 Å². The van der Waals surface area contributed by atoms with Gasteiger partial charge in [0.1, 0.15) is 0 Å². The molecule has 1 rings (SSSR count). The molecule has 0 heterocycles. The number of halogens is 1. The molecule has 0 saturated heterocycles. The lowest BCUT2D eigenvalue weighted by molar-refractivity contribution is 0.718. The van der Waals surface area contributed by atoms with E-state index in [4.69, 9.17) is 17.3 Å². The second-order valence-corrected chi connectivity index (χ2v) is 3.15. The van der Waals surface area contributed by atoms with Crippen LogP contribution < -0.4 is 5.73 Å².